The van der Waals surface area contributed by atoms with E-state index in [-0.39, 0.29) is 11.8 Å². The fourth-order valence-electron chi connectivity index (χ4n) is 4.71. The molecule has 2 heterocycles. The Labute approximate surface area is 200 Å². The summed E-state index contributed by atoms with van der Waals surface area (Å²) in [6, 6.07) is 21.5. The van der Waals surface area contributed by atoms with E-state index >= 15 is 0 Å². The first-order valence-corrected chi connectivity index (χ1v) is 11.8. The zero-order valence-corrected chi connectivity index (χ0v) is 19.9. The molecule has 172 valence electrons. The Morgan fingerprint density at radius 3 is 2.12 bits per heavy atom. The van der Waals surface area contributed by atoms with Gasteiger partial charge in [-0.3, -0.25) is 9.59 Å². The molecule has 0 bridgehead atoms. The Balaban J connectivity index is 1.54. The van der Waals surface area contributed by atoms with E-state index in [1.807, 2.05) is 75.4 Å². The molecule has 3 aromatic rings. The SMILES string of the molecule is Cc1ccc(C2=C(Nc3ccc(N4CCCC4)cc3)C(=O)N(c3cccc(C)c3C)C2=O)cc1. The summed E-state index contributed by atoms with van der Waals surface area (Å²) >= 11 is 0. The van der Waals surface area contributed by atoms with Gasteiger partial charge in [0.05, 0.1) is 11.3 Å². The molecule has 0 unspecified atom stereocenters. The third kappa shape index (κ3) is 3.87. The first-order valence-electron chi connectivity index (χ1n) is 11.8. The highest BCUT2D eigenvalue weighted by Gasteiger charge is 2.40. The molecule has 5 nitrogen and oxygen atoms in total. The van der Waals surface area contributed by atoms with Crippen molar-refractivity contribution in [2.45, 2.75) is 33.6 Å². The van der Waals surface area contributed by atoms with E-state index in [1.54, 1.807) is 0 Å². The van der Waals surface area contributed by atoms with E-state index in [9.17, 15) is 9.59 Å². The van der Waals surface area contributed by atoms with Gasteiger partial charge in [0.25, 0.3) is 11.8 Å². The van der Waals surface area contributed by atoms with Crippen LogP contribution in [0.25, 0.3) is 5.57 Å². The largest absolute Gasteiger partial charge is 0.372 e. The fraction of sp³-hybridized carbons (Fsp3) is 0.241. The topological polar surface area (TPSA) is 52.7 Å². The smallest absolute Gasteiger partial charge is 0.282 e. The second-order valence-corrected chi connectivity index (χ2v) is 9.15. The fourth-order valence-corrected chi connectivity index (χ4v) is 4.71. The highest BCUT2D eigenvalue weighted by molar-refractivity contribution is 6.46. The van der Waals surface area contributed by atoms with Gasteiger partial charge in [0, 0.05) is 24.5 Å². The maximum absolute atomic E-state index is 13.7. The molecule has 0 aliphatic carbocycles. The van der Waals surface area contributed by atoms with Crippen molar-refractivity contribution < 1.29 is 9.59 Å². The minimum atomic E-state index is -0.335. The number of rotatable bonds is 5. The lowest BCUT2D eigenvalue weighted by atomic mass is 10.0. The second kappa shape index (κ2) is 8.82. The van der Waals surface area contributed by atoms with Crippen molar-refractivity contribution in [2.75, 3.05) is 28.2 Å². The predicted octanol–water partition coefficient (Wildman–Crippen LogP) is 5.61. The Kier molecular flexibility index (Phi) is 5.70. The monoisotopic (exact) mass is 451 g/mol. The molecule has 2 aliphatic rings. The Bertz CT molecular complexity index is 1280. The van der Waals surface area contributed by atoms with E-state index in [4.69, 9.17) is 0 Å². The lowest BCUT2D eigenvalue weighted by molar-refractivity contribution is -0.120. The number of anilines is 3. The van der Waals surface area contributed by atoms with Crippen LogP contribution in [0, 0.1) is 20.8 Å². The number of carbonyl (C=O) groups excluding carboxylic acids is 2. The molecule has 0 radical (unpaired) electrons. The van der Waals surface area contributed by atoms with E-state index in [0.717, 1.165) is 41.0 Å². The number of hydrogen-bond acceptors (Lipinski definition) is 4. The Morgan fingerprint density at radius 2 is 1.44 bits per heavy atom. The molecule has 5 rings (SSSR count). The van der Waals surface area contributed by atoms with Crippen molar-refractivity contribution in [3.05, 3.63) is 94.7 Å². The van der Waals surface area contributed by atoms with Crippen molar-refractivity contribution in [2.24, 2.45) is 0 Å². The van der Waals surface area contributed by atoms with Crippen LogP contribution in [0.15, 0.2) is 72.4 Å². The second-order valence-electron chi connectivity index (χ2n) is 9.15. The van der Waals surface area contributed by atoms with Crippen LogP contribution in [-0.4, -0.2) is 24.9 Å². The molecule has 1 saturated heterocycles. The van der Waals surface area contributed by atoms with Crippen LogP contribution in [0.2, 0.25) is 0 Å². The third-order valence-electron chi connectivity index (χ3n) is 6.85. The molecule has 2 amide bonds. The quantitative estimate of drug-likeness (QED) is 0.513. The van der Waals surface area contributed by atoms with Crippen LogP contribution >= 0.6 is 0 Å². The van der Waals surface area contributed by atoms with Crippen LogP contribution in [0.3, 0.4) is 0 Å². The Morgan fingerprint density at radius 1 is 0.765 bits per heavy atom. The number of nitrogens with zero attached hydrogens (tertiary/aromatic N) is 2. The molecule has 1 fully saturated rings. The van der Waals surface area contributed by atoms with Gasteiger partial charge in [-0.1, -0.05) is 42.0 Å². The number of carbonyl (C=O) groups is 2. The maximum atomic E-state index is 13.7. The predicted molar refractivity (Wildman–Crippen MR) is 138 cm³/mol. The van der Waals surface area contributed by atoms with Gasteiger partial charge >= 0.3 is 0 Å². The lowest BCUT2D eigenvalue weighted by Crippen LogP contribution is -2.33. The highest BCUT2D eigenvalue weighted by atomic mass is 16.2. The molecule has 1 N–H and O–H groups in total. The van der Waals surface area contributed by atoms with Crippen molar-refractivity contribution in [1.82, 2.24) is 0 Å². The van der Waals surface area contributed by atoms with Crippen molar-refractivity contribution in [1.29, 1.82) is 0 Å². The van der Waals surface area contributed by atoms with E-state index < -0.39 is 0 Å². The van der Waals surface area contributed by atoms with Gasteiger partial charge < -0.3 is 10.2 Å². The van der Waals surface area contributed by atoms with Gasteiger partial charge in [-0.25, -0.2) is 4.90 Å². The first-order chi connectivity index (χ1) is 16.4. The summed E-state index contributed by atoms with van der Waals surface area (Å²) in [6.45, 7) is 8.09. The number of benzene rings is 3. The first kappa shape index (κ1) is 22.0. The van der Waals surface area contributed by atoms with Gasteiger partial charge in [0.2, 0.25) is 0 Å². The molecule has 0 aromatic heterocycles. The van der Waals surface area contributed by atoms with Crippen molar-refractivity contribution in [3.63, 3.8) is 0 Å². The zero-order valence-electron chi connectivity index (χ0n) is 19.9. The minimum absolute atomic E-state index is 0.307. The van der Waals surface area contributed by atoms with Crippen LogP contribution in [0.5, 0.6) is 0 Å². The van der Waals surface area contributed by atoms with Crippen LogP contribution in [0.1, 0.15) is 35.1 Å². The average Bonchev–Trinajstić information content (AvgIpc) is 3.45. The molecule has 3 aromatic carbocycles. The van der Waals surface area contributed by atoms with E-state index in [0.29, 0.717) is 17.0 Å². The maximum Gasteiger partial charge on any atom is 0.282 e. The molecule has 2 aliphatic heterocycles. The number of amides is 2. The summed E-state index contributed by atoms with van der Waals surface area (Å²) in [5.41, 5.74) is 7.08. The summed E-state index contributed by atoms with van der Waals surface area (Å²) in [5, 5.41) is 3.28. The number of hydrogen-bond donors (Lipinski definition) is 1. The molecule has 0 saturated carbocycles. The number of nitrogens with one attached hydrogen (secondary N) is 1. The third-order valence-corrected chi connectivity index (χ3v) is 6.85. The standard InChI is InChI=1S/C29H29N3O2/c1-19-9-11-22(12-10-19)26-27(30-23-13-15-24(16-14-23)31-17-4-5-18-31)29(34)32(28(26)33)25-8-6-7-20(2)21(25)3/h6-16,30H,4-5,17-18H2,1-3H3. The summed E-state index contributed by atoms with van der Waals surface area (Å²) in [7, 11) is 0. The van der Waals surface area contributed by atoms with Gasteiger partial charge in [-0.05, 0) is 80.6 Å². The summed E-state index contributed by atoms with van der Waals surface area (Å²) < 4.78 is 0. The summed E-state index contributed by atoms with van der Waals surface area (Å²) in [5.74, 6) is -0.642. The Hall–Kier alpha value is -3.86. The van der Waals surface area contributed by atoms with Gasteiger partial charge in [-0.15, -0.1) is 0 Å². The van der Waals surface area contributed by atoms with Crippen molar-refractivity contribution in [3.8, 4) is 0 Å². The summed E-state index contributed by atoms with van der Waals surface area (Å²) in [6.07, 6.45) is 2.44. The van der Waals surface area contributed by atoms with E-state index in [2.05, 4.69) is 22.3 Å². The molecule has 34 heavy (non-hydrogen) atoms. The van der Waals surface area contributed by atoms with Crippen LogP contribution in [-0.2, 0) is 9.59 Å². The minimum Gasteiger partial charge on any atom is -0.372 e. The highest BCUT2D eigenvalue weighted by Crippen LogP contribution is 2.36. The van der Waals surface area contributed by atoms with Gasteiger partial charge in [0.15, 0.2) is 0 Å². The number of aryl methyl sites for hydroxylation is 2. The molecule has 0 spiro atoms. The summed E-state index contributed by atoms with van der Waals surface area (Å²) in [4.78, 5) is 31.1. The zero-order chi connectivity index (χ0) is 23.8. The van der Waals surface area contributed by atoms with Gasteiger partial charge in [0.1, 0.15) is 5.70 Å². The lowest BCUT2D eigenvalue weighted by Gasteiger charge is -2.19. The molecule has 5 heteroatoms. The van der Waals surface area contributed by atoms with E-state index in [1.165, 1.54) is 23.4 Å². The molecule has 0 atom stereocenters. The van der Waals surface area contributed by atoms with Gasteiger partial charge in [-0.2, -0.15) is 0 Å². The molecular formula is C29H29N3O2. The molecular weight excluding hydrogens is 422 g/mol. The van der Waals surface area contributed by atoms with Crippen LogP contribution < -0.4 is 15.1 Å². The average molecular weight is 452 g/mol. The van der Waals surface area contributed by atoms with Crippen LogP contribution in [0.4, 0.5) is 17.1 Å². The number of imide groups is 1. The van der Waals surface area contributed by atoms with Crippen molar-refractivity contribution >= 4 is 34.4 Å². The normalized spacial score (nSPS) is 16.1.